The summed E-state index contributed by atoms with van der Waals surface area (Å²) in [6, 6.07) is 8.74. The number of carbonyl (C=O) groups is 1. The highest BCUT2D eigenvalue weighted by molar-refractivity contribution is 6.02. The summed E-state index contributed by atoms with van der Waals surface area (Å²) in [5, 5.41) is 9.46. The molecule has 0 bridgehead atoms. The Labute approximate surface area is 203 Å². The highest BCUT2D eigenvalue weighted by atomic mass is 19.4. The number of nitrogens with zero attached hydrogens (tertiary/aromatic N) is 2. The van der Waals surface area contributed by atoms with Gasteiger partial charge in [-0.05, 0) is 65.6 Å². The van der Waals surface area contributed by atoms with Crippen molar-refractivity contribution in [2.75, 3.05) is 11.9 Å². The molecule has 1 amide bonds. The van der Waals surface area contributed by atoms with Gasteiger partial charge in [-0.1, -0.05) is 40.7 Å². The molecule has 0 aliphatic rings. The van der Waals surface area contributed by atoms with Crippen LogP contribution in [0.25, 0.3) is 11.1 Å². The molecule has 188 valence electrons. The van der Waals surface area contributed by atoms with Crippen LogP contribution in [0.4, 0.5) is 19.0 Å². The van der Waals surface area contributed by atoms with Crippen molar-refractivity contribution in [3.8, 4) is 16.9 Å². The van der Waals surface area contributed by atoms with Crippen molar-refractivity contribution in [2.45, 2.75) is 53.1 Å². The molecule has 2 N–H and O–H groups in total. The monoisotopic (exact) mass is 488 g/mol. The van der Waals surface area contributed by atoms with Gasteiger partial charge < -0.3 is 10.1 Å². The Balaban J connectivity index is 1.81. The number of anilines is 1. The second-order valence-electron chi connectivity index (χ2n) is 9.50. The Hall–Kier alpha value is -3.36. The molecular formula is C26H31F3N4O2. The van der Waals surface area contributed by atoms with E-state index in [0.29, 0.717) is 17.0 Å². The summed E-state index contributed by atoms with van der Waals surface area (Å²) in [6.45, 7) is 10.2. The van der Waals surface area contributed by atoms with Crippen molar-refractivity contribution in [3.63, 3.8) is 0 Å². The number of amides is 1. The van der Waals surface area contributed by atoms with E-state index >= 15 is 0 Å². The number of aromatic nitrogens is 3. The molecule has 3 aromatic rings. The lowest BCUT2D eigenvalue weighted by molar-refractivity contribution is -0.139. The minimum Gasteiger partial charge on any atom is -0.493 e. The van der Waals surface area contributed by atoms with E-state index in [-0.39, 0.29) is 35.7 Å². The Morgan fingerprint density at radius 1 is 1.06 bits per heavy atom. The number of carbonyl (C=O) groups excluding carboxylic acids is 1. The first kappa shape index (κ1) is 26.2. The van der Waals surface area contributed by atoms with Crippen molar-refractivity contribution in [1.29, 1.82) is 0 Å². The van der Waals surface area contributed by atoms with E-state index in [4.69, 9.17) is 4.74 Å². The maximum atomic E-state index is 13.8. The third-order valence-corrected chi connectivity index (χ3v) is 5.47. The SMILES string of the molecule is CC(C)CC(C)COc1ccc(-c2ccnc(NC(=O)c3cc(C(C)C)[nH]n3)c2)cc1C(F)(F)F. The highest BCUT2D eigenvalue weighted by Gasteiger charge is 2.35. The van der Waals surface area contributed by atoms with E-state index in [1.165, 1.54) is 18.3 Å². The predicted molar refractivity (Wildman–Crippen MR) is 129 cm³/mol. The minimum atomic E-state index is -4.58. The van der Waals surface area contributed by atoms with Crippen LogP contribution in [0.5, 0.6) is 5.75 Å². The summed E-state index contributed by atoms with van der Waals surface area (Å²) in [6.07, 6.45) is -2.28. The maximum absolute atomic E-state index is 13.8. The number of benzene rings is 1. The molecule has 0 saturated heterocycles. The van der Waals surface area contributed by atoms with Gasteiger partial charge in [0.25, 0.3) is 5.91 Å². The molecule has 0 aliphatic heterocycles. The number of hydrogen-bond acceptors (Lipinski definition) is 4. The van der Waals surface area contributed by atoms with Gasteiger partial charge in [0.05, 0.1) is 12.2 Å². The van der Waals surface area contributed by atoms with E-state index in [9.17, 15) is 18.0 Å². The van der Waals surface area contributed by atoms with Gasteiger partial charge in [0.15, 0.2) is 5.69 Å². The van der Waals surface area contributed by atoms with Gasteiger partial charge in [0, 0.05) is 11.9 Å². The summed E-state index contributed by atoms with van der Waals surface area (Å²) in [5.74, 6) is 0.293. The molecule has 0 radical (unpaired) electrons. The van der Waals surface area contributed by atoms with Crippen molar-refractivity contribution < 1.29 is 22.7 Å². The molecule has 6 nitrogen and oxygen atoms in total. The topological polar surface area (TPSA) is 79.9 Å². The number of H-pyrrole nitrogens is 1. The zero-order chi connectivity index (χ0) is 25.8. The molecule has 3 rings (SSSR count). The first-order valence-electron chi connectivity index (χ1n) is 11.6. The van der Waals surface area contributed by atoms with E-state index in [1.54, 1.807) is 18.2 Å². The molecular weight excluding hydrogens is 457 g/mol. The quantitative estimate of drug-likeness (QED) is 0.342. The normalized spacial score (nSPS) is 12.7. The van der Waals surface area contributed by atoms with Crippen LogP contribution in [0, 0.1) is 11.8 Å². The third-order valence-electron chi connectivity index (χ3n) is 5.47. The zero-order valence-corrected chi connectivity index (χ0v) is 20.5. The molecule has 0 fully saturated rings. The lowest BCUT2D eigenvalue weighted by Crippen LogP contribution is -2.14. The van der Waals surface area contributed by atoms with Gasteiger partial charge in [0.1, 0.15) is 11.6 Å². The van der Waals surface area contributed by atoms with Gasteiger partial charge >= 0.3 is 6.18 Å². The molecule has 1 aromatic carbocycles. The standard InChI is InChI=1S/C26H31F3N4O2/c1-15(2)10-17(5)14-35-23-7-6-18(11-20(23)26(27,28)29)19-8-9-30-24(12-19)31-25(34)22-13-21(16(3)4)32-33-22/h6-9,11-13,15-17H,10,14H2,1-5H3,(H,32,33)(H,30,31,34). The zero-order valence-electron chi connectivity index (χ0n) is 20.5. The fourth-order valence-electron chi connectivity index (χ4n) is 3.77. The van der Waals surface area contributed by atoms with E-state index in [1.807, 2.05) is 20.8 Å². The largest absolute Gasteiger partial charge is 0.493 e. The minimum absolute atomic E-state index is 0.133. The number of hydrogen-bond donors (Lipinski definition) is 2. The maximum Gasteiger partial charge on any atom is 0.419 e. The summed E-state index contributed by atoms with van der Waals surface area (Å²) in [7, 11) is 0. The van der Waals surface area contributed by atoms with Gasteiger partial charge in [-0.3, -0.25) is 9.89 Å². The first-order chi connectivity index (χ1) is 16.4. The van der Waals surface area contributed by atoms with Crippen LogP contribution in [0.2, 0.25) is 0 Å². The van der Waals surface area contributed by atoms with Crippen LogP contribution in [0.1, 0.15) is 68.7 Å². The molecule has 0 aliphatic carbocycles. The number of aromatic amines is 1. The molecule has 9 heteroatoms. The summed E-state index contributed by atoms with van der Waals surface area (Å²) >= 11 is 0. The molecule has 0 saturated carbocycles. The molecule has 2 heterocycles. The number of halogens is 3. The van der Waals surface area contributed by atoms with Crippen molar-refractivity contribution in [3.05, 3.63) is 59.5 Å². The van der Waals surface area contributed by atoms with Crippen LogP contribution in [0.3, 0.4) is 0 Å². The average molecular weight is 489 g/mol. The van der Waals surface area contributed by atoms with Gasteiger partial charge in [0.2, 0.25) is 0 Å². The lowest BCUT2D eigenvalue weighted by atomic mass is 9.99. The highest BCUT2D eigenvalue weighted by Crippen LogP contribution is 2.39. The first-order valence-corrected chi connectivity index (χ1v) is 11.6. The van der Waals surface area contributed by atoms with Crippen molar-refractivity contribution in [2.24, 2.45) is 11.8 Å². The Morgan fingerprint density at radius 2 is 1.77 bits per heavy atom. The molecule has 35 heavy (non-hydrogen) atoms. The molecule has 1 unspecified atom stereocenters. The summed E-state index contributed by atoms with van der Waals surface area (Å²) < 4.78 is 47.0. The Kier molecular flexibility index (Phi) is 8.19. The van der Waals surface area contributed by atoms with Gasteiger partial charge in [-0.25, -0.2) is 4.98 Å². The number of rotatable bonds is 9. The number of alkyl halides is 3. The number of nitrogens with one attached hydrogen (secondary N) is 2. The summed E-state index contributed by atoms with van der Waals surface area (Å²) in [4.78, 5) is 16.6. The number of ether oxygens (including phenoxy) is 1. The van der Waals surface area contributed by atoms with E-state index in [0.717, 1.165) is 18.2 Å². The fraction of sp³-hybridized carbons (Fsp3) is 0.423. The van der Waals surface area contributed by atoms with Crippen LogP contribution in [0.15, 0.2) is 42.6 Å². The Morgan fingerprint density at radius 3 is 2.40 bits per heavy atom. The van der Waals surface area contributed by atoms with Gasteiger partial charge in [-0.15, -0.1) is 0 Å². The van der Waals surface area contributed by atoms with E-state index in [2.05, 4.69) is 34.3 Å². The van der Waals surface area contributed by atoms with Crippen LogP contribution >= 0.6 is 0 Å². The second kappa shape index (κ2) is 10.9. The fourth-order valence-corrected chi connectivity index (χ4v) is 3.77. The second-order valence-corrected chi connectivity index (χ2v) is 9.50. The van der Waals surface area contributed by atoms with Gasteiger partial charge in [-0.2, -0.15) is 18.3 Å². The lowest BCUT2D eigenvalue weighted by Gasteiger charge is -2.19. The molecule has 2 aromatic heterocycles. The van der Waals surface area contributed by atoms with Crippen molar-refractivity contribution in [1.82, 2.24) is 15.2 Å². The number of pyridine rings is 1. The smallest absolute Gasteiger partial charge is 0.419 e. The van der Waals surface area contributed by atoms with Crippen LogP contribution in [-0.2, 0) is 6.18 Å². The molecule has 0 spiro atoms. The Bertz CT molecular complexity index is 1160. The average Bonchev–Trinajstić information content (AvgIpc) is 3.28. The third kappa shape index (κ3) is 7.07. The van der Waals surface area contributed by atoms with Crippen molar-refractivity contribution >= 4 is 11.7 Å². The summed E-state index contributed by atoms with van der Waals surface area (Å²) in [5.41, 5.74) is 0.989. The molecule has 1 atom stereocenters. The predicted octanol–water partition coefficient (Wildman–Crippen LogP) is 6.93. The van der Waals surface area contributed by atoms with Crippen LogP contribution < -0.4 is 10.1 Å². The van der Waals surface area contributed by atoms with E-state index < -0.39 is 17.6 Å². The van der Waals surface area contributed by atoms with Crippen LogP contribution in [-0.4, -0.2) is 27.7 Å².